The van der Waals surface area contributed by atoms with Crippen LogP contribution in [-0.2, 0) is 0 Å². The van der Waals surface area contributed by atoms with Crippen molar-refractivity contribution < 1.29 is 4.48 Å². The molecular formula is C10H21BrN3+. The summed E-state index contributed by atoms with van der Waals surface area (Å²) in [6, 6.07) is 0. The second-order valence-electron chi connectivity index (χ2n) is 4.60. The SMILES string of the molecule is NCCCC(Br)[N+]12CCN(CC1)CC2. The Labute approximate surface area is 94.9 Å². The van der Waals surface area contributed by atoms with E-state index >= 15 is 0 Å². The minimum absolute atomic E-state index is 0.647. The molecule has 82 valence electrons. The Morgan fingerprint density at radius 1 is 1.21 bits per heavy atom. The number of nitrogens with two attached hydrogens (primary N) is 1. The number of piperazine rings is 3. The number of alkyl halides is 1. The van der Waals surface area contributed by atoms with E-state index in [-0.39, 0.29) is 0 Å². The van der Waals surface area contributed by atoms with Crippen molar-refractivity contribution in [2.75, 3.05) is 45.8 Å². The average Bonchev–Trinajstić information content (AvgIpc) is 2.28. The van der Waals surface area contributed by atoms with Crippen molar-refractivity contribution in [3.8, 4) is 0 Å². The highest BCUT2D eigenvalue weighted by Crippen LogP contribution is 2.29. The number of quaternary nitrogens is 1. The number of hydrogen-bond acceptors (Lipinski definition) is 2. The molecular weight excluding hydrogens is 242 g/mol. The molecule has 3 aliphatic heterocycles. The summed E-state index contributed by atoms with van der Waals surface area (Å²) in [5, 5.41) is 0. The summed E-state index contributed by atoms with van der Waals surface area (Å²) in [6.45, 7) is 8.72. The van der Waals surface area contributed by atoms with Crippen LogP contribution in [-0.4, -0.2) is 60.1 Å². The second-order valence-corrected chi connectivity index (χ2v) is 5.65. The maximum absolute atomic E-state index is 5.56. The van der Waals surface area contributed by atoms with Gasteiger partial charge in [-0.25, -0.2) is 0 Å². The molecule has 0 amide bonds. The largest absolute Gasteiger partial charge is 0.330 e. The molecule has 0 spiro atoms. The quantitative estimate of drug-likeness (QED) is 0.457. The van der Waals surface area contributed by atoms with Gasteiger partial charge in [-0.05, 0) is 28.9 Å². The van der Waals surface area contributed by atoms with Gasteiger partial charge < -0.3 is 10.2 Å². The highest BCUT2D eigenvalue weighted by molar-refractivity contribution is 9.09. The molecule has 0 radical (unpaired) electrons. The Balaban J connectivity index is 1.92. The molecule has 3 aliphatic rings. The molecule has 3 saturated heterocycles. The van der Waals surface area contributed by atoms with E-state index in [4.69, 9.17) is 5.73 Å². The zero-order valence-corrected chi connectivity index (χ0v) is 10.4. The van der Waals surface area contributed by atoms with Gasteiger partial charge >= 0.3 is 0 Å². The number of nitrogens with zero attached hydrogens (tertiary/aromatic N) is 2. The minimum atomic E-state index is 0.647. The molecule has 2 N–H and O–H groups in total. The van der Waals surface area contributed by atoms with Crippen LogP contribution in [0, 0.1) is 0 Å². The fourth-order valence-corrected chi connectivity index (χ4v) is 3.61. The predicted octanol–water partition coefficient (Wildman–Crippen LogP) is 0.592. The molecule has 3 heterocycles. The summed E-state index contributed by atoms with van der Waals surface area (Å²) in [6.07, 6.45) is 2.39. The molecule has 0 aromatic heterocycles. The molecule has 1 unspecified atom stereocenters. The topological polar surface area (TPSA) is 29.3 Å². The molecule has 0 aromatic carbocycles. The normalized spacial score (nSPS) is 38.6. The summed E-state index contributed by atoms with van der Waals surface area (Å²) in [4.78, 5) is 3.23. The van der Waals surface area contributed by atoms with Crippen molar-refractivity contribution in [2.45, 2.75) is 17.8 Å². The van der Waals surface area contributed by atoms with E-state index in [2.05, 4.69) is 20.8 Å². The van der Waals surface area contributed by atoms with Crippen LogP contribution in [0.4, 0.5) is 0 Å². The maximum Gasteiger partial charge on any atom is 0.144 e. The third-order valence-corrected chi connectivity index (χ3v) is 5.15. The van der Waals surface area contributed by atoms with Gasteiger partial charge in [0.2, 0.25) is 0 Å². The molecule has 3 nitrogen and oxygen atoms in total. The zero-order chi connectivity index (χ0) is 10.0. The van der Waals surface area contributed by atoms with Crippen LogP contribution in [0.5, 0.6) is 0 Å². The Morgan fingerprint density at radius 3 is 2.29 bits per heavy atom. The van der Waals surface area contributed by atoms with Crippen LogP contribution in [0.3, 0.4) is 0 Å². The third-order valence-electron chi connectivity index (χ3n) is 3.83. The maximum atomic E-state index is 5.56. The average molecular weight is 263 g/mol. The van der Waals surface area contributed by atoms with Gasteiger partial charge in [-0.2, -0.15) is 0 Å². The molecule has 2 bridgehead atoms. The van der Waals surface area contributed by atoms with E-state index < -0.39 is 0 Å². The summed E-state index contributed by atoms with van der Waals surface area (Å²) < 4.78 is 1.30. The van der Waals surface area contributed by atoms with Gasteiger partial charge in [-0.1, -0.05) is 0 Å². The van der Waals surface area contributed by atoms with Crippen molar-refractivity contribution in [3.05, 3.63) is 0 Å². The summed E-state index contributed by atoms with van der Waals surface area (Å²) in [5.41, 5.74) is 5.56. The first kappa shape index (κ1) is 10.9. The molecule has 4 heteroatoms. The minimum Gasteiger partial charge on any atom is -0.330 e. The van der Waals surface area contributed by atoms with Crippen molar-refractivity contribution in [3.63, 3.8) is 0 Å². The lowest BCUT2D eigenvalue weighted by molar-refractivity contribution is -0.948. The van der Waals surface area contributed by atoms with Crippen LogP contribution in [0.1, 0.15) is 12.8 Å². The monoisotopic (exact) mass is 262 g/mol. The van der Waals surface area contributed by atoms with Crippen LogP contribution in [0.2, 0.25) is 0 Å². The van der Waals surface area contributed by atoms with Gasteiger partial charge in [0.1, 0.15) is 4.95 Å². The molecule has 0 saturated carbocycles. The highest BCUT2D eigenvalue weighted by Gasteiger charge is 2.42. The van der Waals surface area contributed by atoms with E-state index in [0.29, 0.717) is 4.95 Å². The van der Waals surface area contributed by atoms with Gasteiger partial charge in [-0.15, -0.1) is 0 Å². The van der Waals surface area contributed by atoms with Crippen LogP contribution >= 0.6 is 15.9 Å². The Morgan fingerprint density at radius 2 is 1.79 bits per heavy atom. The lowest BCUT2D eigenvalue weighted by Crippen LogP contribution is -2.69. The van der Waals surface area contributed by atoms with E-state index in [1.54, 1.807) is 0 Å². The third kappa shape index (κ3) is 1.98. The zero-order valence-electron chi connectivity index (χ0n) is 8.79. The van der Waals surface area contributed by atoms with Crippen molar-refractivity contribution >= 4 is 15.9 Å². The van der Waals surface area contributed by atoms with Gasteiger partial charge in [0.05, 0.1) is 19.6 Å². The number of hydrogen-bond donors (Lipinski definition) is 1. The van der Waals surface area contributed by atoms with Crippen LogP contribution < -0.4 is 5.73 Å². The van der Waals surface area contributed by atoms with E-state index in [9.17, 15) is 0 Å². The van der Waals surface area contributed by atoms with Crippen LogP contribution in [0.25, 0.3) is 0 Å². The van der Waals surface area contributed by atoms with Crippen molar-refractivity contribution in [1.29, 1.82) is 0 Å². The summed E-state index contributed by atoms with van der Waals surface area (Å²) in [7, 11) is 0. The first-order valence-electron chi connectivity index (χ1n) is 5.69. The van der Waals surface area contributed by atoms with Crippen LogP contribution in [0.15, 0.2) is 0 Å². The van der Waals surface area contributed by atoms with Gasteiger partial charge in [0.25, 0.3) is 0 Å². The molecule has 3 rings (SSSR count). The fourth-order valence-electron chi connectivity index (χ4n) is 2.67. The van der Waals surface area contributed by atoms with Gasteiger partial charge in [0, 0.05) is 26.1 Å². The van der Waals surface area contributed by atoms with Gasteiger partial charge in [-0.3, -0.25) is 4.90 Å². The number of rotatable bonds is 4. The standard InChI is InChI=1S/C10H21BrN3/c11-10(2-1-3-12)14-7-4-13(5-8-14)6-9-14/h10H,1-9,12H2/q+1. The van der Waals surface area contributed by atoms with Crippen molar-refractivity contribution in [2.24, 2.45) is 5.73 Å². The highest BCUT2D eigenvalue weighted by atomic mass is 79.9. The Bertz CT molecular complexity index is 176. The smallest absolute Gasteiger partial charge is 0.144 e. The lowest BCUT2D eigenvalue weighted by Gasteiger charge is -2.53. The predicted molar refractivity (Wildman–Crippen MR) is 62.3 cm³/mol. The fraction of sp³-hybridized carbons (Fsp3) is 1.00. The molecule has 14 heavy (non-hydrogen) atoms. The second kappa shape index (κ2) is 4.47. The van der Waals surface area contributed by atoms with Gasteiger partial charge in [0.15, 0.2) is 0 Å². The summed E-state index contributed by atoms with van der Waals surface area (Å²) in [5.74, 6) is 0. The lowest BCUT2D eigenvalue weighted by atomic mass is 10.1. The molecule has 0 aromatic rings. The Hall–Kier alpha value is 0.360. The van der Waals surface area contributed by atoms with E-state index in [0.717, 1.165) is 13.0 Å². The first-order chi connectivity index (χ1) is 6.77. The molecule has 1 atom stereocenters. The molecule has 3 fully saturated rings. The van der Waals surface area contributed by atoms with E-state index in [1.807, 2.05) is 0 Å². The van der Waals surface area contributed by atoms with E-state index in [1.165, 1.54) is 50.2 Å². The molecule has 0 aliphatic carbocycles. The van der Waals surface area contributed by atoms with Crippen molar-refractivity contribution in [1.82, 2.24) is 4.90 Å². The Kier molecular flexibility index (Phi) is 3.47. The number of fused-ring (bicyclic) bond motifs is 3. The number of halogens is 1. The first-order valence-corrected chi connectivity index (χ1v) is 6.61. The summed E-state index contributed by atoms with van der Waals surface area (Å²) >= 11 is 3.88.